The number of carbonyl (C=O) groups excluding carboxylic acids is 1. The first-order valence-electron chi connectivity index (χ1n) is 9.78. The summed E-state index contributed by atoms with van der Waals surface area (Å²) in [5.74, 6) is 0.882. The monoisotopic (exact) mass is 412 g/mol. The van der Waals surface area contributed by atoms with Crippen LogP contribution in [0.15, 0.2) is 57.8 Å². The highest BCUT2D eigenvalue weighted by Crippen LogP contribution is 2.29. The molecular weight excluding hydrogens is 388 g/mol. The summed E-state index contributed by atoms with van der Waals surface area (Å²) < 4.78 is 33.4. The molecule has 6 nitrogen and oxygen atoms in total. The summed E-state index contributed by atoms with van der Waals surface area (Å²) in [5.41, 5.74) is 2.40. The lowest BCUT2D eigenvalue weighted by atomic mass is 10.1. The van der Waals surface area contributed by atoms with E-state index >= 15 is 0 Å². The van der Waals surface area contributed by atoms with E-state index < -0.39 is 10.0 Å². The second-order valence-corrected chi connectivity index (χ2v) is 9.30. The number of amides is 1. The number of hydrogen-bond acceptors (Lipinski definition) is 4. The van der Waals surface area contributed by atoms with Crippen molar-refractivity contribution in [2.45, 2.75) is 37.6 Å². The molecule has 0 atom stereocenters. The Hall–Kier alpha value is -2.64. The van der Waals surface area contributed by atoms with Gasteiger partial charge in [0, 0.05) is 49.6 Å². The third kappa shape index (κ3) is 3.56. The minimum absolute atomic E-state index is 0.0802. The average Bonchev–Trinajstić information content (AvgIpc) is 3.31. The smallest absolute Gasteiger partial charge is 0.243 e. The van der Waals surface area contributed by atoms with Crippen LogP contribution >= 0.6 is 0 Å². The van der Waals surface area contributed by atoms with Crippen molar-refractivity contribution in [3.8, 4) is 0 Å². The highest BCUT2D eigenvalue weighted by atomic mass is 32.2. The Balaban J connectivity index is 1.60. The first-order chi connectivity index (χ1) is 13.9. The van der Waals surface area contributed by atoms with Gasteiger partial charge < -0.3 is 9.32 Å². The first-order valence-corrected chi connectivity index (χ1v) is 11.2. The summed E-state index contributed by atoms with van der Waals surface area (Å²) in [6, 6.07) is 14.2. The number of furan rings is 1. The van der Waals surface area contributed by atoms with Gasteiger partial charge in [-0.15, -0.1) is 0 Å². The van der Waals surface area contributed by atoms with E-state index in [1.807, 2.05) is 31.2 Å². The van der Waals surface area contributed by atoms with Gasteiger partial charge in [-0.2, -0.15) is 4.31 Å². The molecule has 0 unspecified atom stereocenters. The second-order valence-electron chi connectivity index (χ2n) is 7.26. The van der Waals surface area contributed by atoms with E-state index in [2.05, 4.69) is 0 Å². The zero-order chi connectivity index (χ0) is 20.6. The molecule has 4 rings (SSSR count). The van der Waals surface area contributed by atoms with E-state index in [1.54, 1.807) is 36.2 Å². The summed E-state index contributed by atoms with van der Waals surface area (Å²) in [6.07, 6.45) is 2.07. The molecule has 2 aromatic carbocycles. The van der Waals surface area contributed by atoms with Crippen LogP contribution in [0, 0.1) is 0 Å². The highest BCUT2D eigenvalue weighted by molar-refractivity contribution is 7.89. The average molecular weight is 413 g/mol. The number of hydrogen-bond donors (Lipinski definition) is 0. The standard InChI is InChI=1S/C22H24N2O4S/c1-3-20-19(18-7-4-5-8-21(18)28-20)15-23(2)29(26,27)17-12-10-16(11-13-17)24-14-6-9-22(24)25/h4-5,7-8,10-13H,3,6,9,14-15H2,1-2H3. The van der Waals surface area contributed by atoms with Crippen LogP contribution in [0.5, 0.6) is 0 Å². The van der Waals surface area contributed by atoms with Crippen molar-refractivity contribution in [3.63, 3.8) is 0 Å². The lowest BCUT2D eigenvalue weighted by Crippen LogP contribution is -2.27. The molecule has 0 radical (unpaired) electrons. The fourth-order valence-electron chi connectivity index (χ4n) is 3.82. The van der Waals surface area contributed by atoms with Crippen LogP contribution < -0.4 is 4.90 Å². The Labute approximate surface area is 170 Å². The minimum Gasteiger partial charge on any atom is -0.461 e. The normalized spacial score (nSPS) is 15.0. The molecule has 0 N–H and O–H groups in total. The largest absolute Gasteiger partial charge is 0.461 e. The lowest BCUT2D eigenvalue weighted by Gasteiger charge is -2.19. The van der Waals surface area contributed by atoms with Crippen molar-refractivity contribution in [2.24, 2.45) is 0 Å². The van der Waals surface area contributed by atoms with Crippen molar-refractivity contribution >= 4 is 32.6 Å². The number of para-hydroxylation sites is 1. The van der Waals surface area contributed by atoms with Crippen molar-refractivity contribution in [3.05, 3.63) is 59.9 Å². The minimum atomic E-state index is -3.67. The van der Waals surface area contributed by atoms with E-state index in [-0.39, 0.29) is 17.3 Å². The van der Waals surface area contributed by atoms with Crippen LogP contribution in [0.4, 0.5) is 5.69 Å². The number of benzene rings is 2. The molecule has 1 fully saturated rings. The van der Waals surface area contributed by atoms with Gasteiger partial charge in [-0.3, -0.25) is 4.79 Å². The van der Waals surface area contributed by atoms with E-state index in [9.17, 15) is 13.2 Å². The molecule has 1 aliphatic rings. The van der Waals surface area contributed by atoms with Crippen molar-refractivity contribution < 1.29 is 17.6 Å². The summed E-state index contributed by atoms with van der Waals surface area (Å²) in [6.45, 7) is 2.90. The molecule has 1 amide bonds. The van der Waals surface area contributed by atoms with Crippen LogP contribution in [0.2, 0.25) is 0 Å². The van der Waals surface area contributed by atoms with E-state index in [0.29, 0.717) is 19.4 Å². The summed E-state index contributed by atoms with van der Waals surface area (Å²) in [5, 5.41) is 0.939. The SMILES string of the molecule is CCc1oc2ccccc2c1CN(C)S(=O)(=O)c1ccc(N2CCCC2=O)cc1. The topological polar surface area (TPSA) is 70.8 Å². The quantitative estimate of drug-likeness (QED) is 0.615. The maximum Gasteiger partial charge on any atom is 0.243 e. The maximum atomic E-state index is 13.1. The predicted molar refractivity (Wildman–Crippen MR) is 112 cm³/mol. The zero-order valence-electron chi connectivity index (χ0n) is 16.6. The maximum absolute atomic E-state index is 13.1. The van der Waals surface area contributed by atoms with Gasteiger partial charge in [0.1, 0.15) is 11.3 Å². The van der Waals surface area contributed by atoms with Crippen LogP contribution in [0.3, 0.4) is 0 Å². The summed E-state index contributed by atoms with van der Waals surface area (Å²) in [4.78, 5) is 13.8. The van der Waals surface area contributed by atoms with Gasteiger partial charge in [0.25, 0.3) is 0 Å². The Morgan fingerprint density at radius 2 is 1.83 bits per heavy atom. The third-order valence-corrected chi connectivity index (χ3v) is 7.23. The zero-order valence-corrected chi connectivity index (χ0v) is 17.4. The number of carbonyl (C=O) groups is 1. The number of fused-ring (bicyclic) bond motifs is 1. The molecular formula is C22H24N2O4S. The van der Waals surface area contributed by atoms with Crippen LogP contribution in [-0.4, -0.2) is 32.2 Å². The molecule has 3 aromatic rings. The van der Waals surface area contributed by atoms with Crippen LogP contribution in [-0.2, 0) is 27.8 Å². The van der Waals surface area contributed by atoms with E-state index in [4.69, 9.17) is 4.42 Å². The molecule has 0 aliphatic carbocycles. The van der Waals surface area contributed by atoms with Crippen LogP contribution in [0.1, 0.15) is 31.1 Å². The van der Waals surface area contributed by atoms with Gasteiger partial charge in [0.15, 0.2) is 0 Å². The Morgan fingerprint density at radius 1 is 1.10 bits per heavy atom. The van der Waals surface area contributed by atoms with Crippen molar-refractivity contribution in [1.29, 1.82) is 0 Å². The van der Waals surface area contributed by atoms with Crippen molar-refractivity contribution in [1.82, 2.24) is 4.31 Å². The van der Waals surface area contributed by atoms with Gasteiger partial charge in [-0.05, 0) is 36.8 Å². The van der Waals surface area contributed by atoms with Crippen LogP contribution in [0.25, 0.3) is 11.0 Å². The predicted octanol–water partition coefficient (Wildman–Crippen LogP) is 3.94. The van der Waals surface area contributed by atoms with Gasteiger partial charge in [0.2, 0.25) is 15.9 Å². The number of anilines is 1. The third-order valence-electron chi connectivity index (χ3n) is 5.41. The molecule has 0 bridgehead atoms. The lowest BCUT2D eigenvalue weighted by molar-refractivity contribution is -0.117. The number of nitrogens with zero attached hydrogens (tertiary/aromatic N) is 2. The van der Waals surface area contributed by atoms with Gasteiger partial charge in [-0.1, -0.05) is 25.1 Å². The first kappa shape index (κ1) is 19.7. The number of rotatable bonds is 6. The fourth-order valence-corrected chi connectivity index (χ4v) is 4.95. The molecule has 1 aromatic heterocycles. The molecule has 152 valence electrons. The van der Waals surface area contributed by atoms with Gasteiger partial charge in [0.05, 0.1) is 4.90 Å². The number of sulfonamides is 1. The molecule has 0 spiro atoms. The van der Waals surface area contributed by atoms with Gasteiger partial charge in [-0.25, -0.2) is 8.42 Å². The van der Waals surface area contributed by atoms with E-state index in [0.717, 1.165) is 34.4 Å². The molecule has 0 saturated carbocycles. The van der Waals surface area contributed by atoms with Crippen molar-refractivity contribution in [2.75, 3.05) is 18.5 Å². The molecule has 1 aliphatic heterocycles. The highest BCUT2D eigenvalue weighted by Gasteiger charge is 2.26. The molecule has 7 heteroatoms. The Morgan fingerprint density at radius 3 is 2.48 bits per heavy atom. The molecule has 1 saturated heterocycles. The molecule has 2 heterocycles. The molecule has 29 heavy (non-hydrogen) atoms. The van der Waals surface area contributed by atoms with Gasteiger partial charge >= 0.3 is 0 Å². The summed E-state index contributed by atoms with van der Waals surface area (Å²) >= 11 is 0. The number of aryl methyl sites for hydroxylation is 1. The van der Waals surface area contributed by atoms with E-state index in [1.165, 1.54) is 4.31 Å². The Kier molecular flexibility index (Phi) is 5.19. The fraction of sp³-hybridized carbons (Fsp3) is 0.318. The second kappa shape index (κ2) is 7.65. The summed E-state index contributed by atoms with van der Waals surface area (Å²) in [7, 11) is -2.10. The Bertz CT molecular complexity index is 1150.